The van der Waals surface area contributed by atoms with Gasteiger partial charge in [-0.2, -0.15) is 0 Å². The van der Waals surface area contributed by atoms with Crippen LogP contribution in [0.25, 0.3) is 22.3 Å². The zero-order chi connectivity index (χ0) is 27.7. The van der Waals surface area contributed by atoms with Crippen molar-refractivity contribution in [3.05, 3.63) is 137 Å². The van der Waals surface area contributed by atoms with Gasteiger partial charge in [0.25, 0.3) is 0 Å². The highest BCUT2D eigenvalue weighted by Crippen LogP contribution is 2.48. The summed E-state index contributed by atoms with van der Waals surface area (Å²) in [6.07, 6.45) is 0. The molecule has 0 aliphatic rings. The summed E-state index contributed by atoms with van der Waals surface area (Å²) in [5.41, 5.74) is 14.9. The maximum absolute atomic E-state index is 2.47. The van der Waals surface area contributed by atoms with Gasteiger partial charge in [-0.05, 0) is 108 Å². The van der Waals surface area contributed by atoms with Gasteiger partial charge < -0.3 is 4.90 Å². The van der Waals surface area contributed by atoms with E-state index in [0.717, 1.165) is 0 Å². The molecule has 0 N–H and O–H groups in total. The van der Waals surface area contributed by atoms with Crippen molar-refractivity contribution in [2.75, 3.05) is 4.90 Å². The second-order valence-corrected chi connectivity index (χ2v) is 11.8. The molecular weight excluding hydrogens is 470 g/mol. The standard InChI is InChI=1S/C38H39N/c1-26-18-20-33(22-28(26)3)39(34-21-19-27(2)29(4)23-34)37-35(30-14-10-8-11-15-30)24-32(38(5,6)7)25-36(37)31-16-12-9-13-17-31/h8-25H,1-7H3. The summed E-state index contributed by atoms with van der Waals surface area (Å²) >= 11 is 0. The summed E-state index contributed by atoms with van der Waals surface area (Å²) in [5, 5.41) is 0. The predicted octanol–water partition coefficient (Wildman–Crippen LogP) is 11.0. The summed E-state index contributed by atoms with van der Waals surface area (Å²) in [6, 6.07) is 40.2. The largest absolute Gasteiger partial charge is 0.309 e. The number of rotatable bonds is 5. The molecule has 0 aromatic heterocycles. The lowest BCUT2D eigenvalue weighted by Crippen LogP contribution is -2.16. The molecule has 0 unspecified atom stereocenters. The van der Waals surface area contributed by atoms with Crippen LogP contribution in [0.5, 0.6) is 0 Å². The van der Waals surface area contributed by atoms with Gasteiger partial charge in [0.15, 0.2) is 0 Å². The minimum Gasteiger partial charge on any atom is -0.309 e. The number of nitrogens with zero attached hydrogens (tertiary/aromatic N) is 1. The Morgan fingerprint density at radius 3 is 1.23 bits per heavy atom. The zero-order valence-corrected chi connectivity index (χ0v) is 24.3. The third-order valence-corrected chi connectivity index (χ3v) is 7.87. The topological polar surface area (TPSA) is 3.24 Å². The van der Waals surface area contributed by atoms with Gasteiger partial charge in [0.05, 0.1) is 5.69 Å². The fourth-order valence-corrected chi connectivity index (χ4v) is 5.12. The van der Waals surface area contributed by atoms with Gasteiger partial charge in [0.2, 0.25) is 0 Å². The zero-order valence-electron chi connectivity index (χ0n) is 24.3. The predicted molar refractivity (Wildman–Crippen MR) is 170 cm³/mol. The lowest BCUT2D eigenvalue weighted by atomic mass is 9.82. The highest BCUT2D eigenvalue weighted by Gasteiger charge is 2.26. The van der Waals surface area contributed by atoms with Gasteiger partial charge in [0, 0.05) is 22.5 Å². The minimum absolute atomic E-state index is 0.00266. The van der Waals surface area contributed by atoms with Gasteiger partial charge in [-0.15, -0.1) is 0 Å². The Kier molecular flexibility index (Phi) is 7.19. The van der Waals surface area contributed by atoms with Crippen LogP contribution in [0.1, 0.15) is 48.6 Å². The van der Waals surface area contributed by atoms with Crippen LogP contribution in [-0.2, 0) is 5.41 Å². The molecule has 0 aliphatic heterocycles. The molecule has 0 amide bonds. The Labute approximate surface area is 234 Å². The van der Waals surface area contributed by atoms with Crippen LogP contribution in [0.3, 0.4) is 0 Å². The third kappa shape index (κ3) is 5.40. The van der Waals surface area contributed by atoms with Crippen LogP contribution in [-0.4, -0.2) is 0 Å². The van der Waals surface area contributed by atoms with Crippen molar-refractivity contribution < 1.29 is 0 Å². The van der Waals surface area contributed by atoms with Crippen LogP contribution in [0.2, 0.25) is 0 Å². The van der Waals surface area contributed by atoms with Gasteiger partial charge in [-0.3, -0.25) is 0 Å². The molecule has 0 aliphatic carbocycles. The molecule has 1 heteroatoms. The third-order valence-electron chi connectivity index (χ3n) is 7.87. The SMILES string of the molecule is Cc1ccc(N(c2ccc(C)c(C)c2)c2c(-c3ccccc3)cc(C(C)(C)C)cc2-c2ccccc2)cc1C. The molecule has 0 fully saturated rings. The molecule has 5 aromatic rings. The van der Waals surface area contributed by atoms with Crippen LogP contribution in [0.15, 0.2) is 109 Å². The van der Waals surface area contributed by atoms with Gasteiger partial charge >= 0.3 is 0 Å². The molecule has 0 bridgehead atoms. The molecule has 196 valence electrons. The second kappa shape index (κ2) is 10.6. The van der Waals surface area contributed by atoms with Crippen molar-refractivity contribution in [3.8, 4) is 22.3 Å². The molecule has 0 heterocycles. The molecule has 0 atom stereocenters. The molecule has 0 saturated heterocycles. The number of hydrogen-bond acceptors (Lipinski definition) is 1. The van der Waals surface area contributed by atoms with Crippen molar-refractivity contribution >= 4 is 17.1 Å². The van der Waals surface area contributed by atoms with E-state index in [0.29, 0.717) is 0 Å². The average molecular weight is 510 g/mol. The number of benzene rings is 5. The fourth-order valence-electron chi connectivity index (χ4n) is 5.12. The normalized spacial score (nSPS) is 11.5. The monoisotopic (exact) mass is 509 g/mol. The van der Waals surface area contributed by atoms with E-state index in [-0.39, 0.29) is 5.41 Å². The first kappa shape index (κ1) is 26.5. The van der Waals surface area contributed by atoms with E-state index in [9.17, 15) is 0 Å². The van der Waals surface area contributed by atoms with E-state index in [1.807, 2.05) is 0 Å². The summed E-state index contributed by atoms with van der Waals surface area (Å²) < 4.78 is 0. The summed E-state index contributed by atoms with van der Waals surface area (Å²) in [5.74, 6) is 0. The Hall–Kier alpha value is -4.10. The van der Waals surface area contributed by atoms with E-state index in [2.05, 4.69) is 163 Å². The Morgan fingerprint density at radius 2 is 0.872 bits per heavy atom. The van der Waals surface area contributed by atoms with E-state index in [4.69, 9.17) is 0 Å². The second-order valence-electron chi connectivity index (χ2n) is 11.8. The Bertz CT molecular complexity index is 1490. The van der Waals surface area contributed by atoms with Crippen LogP contribution in [0.4, 0.5) is 17.1 Å². The van der Waals surface area contributed by atoms with Crippen LogP contribution < -0.4 is 4.90 Å². The Morgan fingerprint density at radius 1 is 0.462 bits per heavy atom. The summed E-state index contributed by atoms with van der Waals surface area (Å²) in [6.45, 7) is 15.7. The quantitative estimate of drug-likeness (QED) is 0.228. The van der Waals surface area contributed by atoms with Crippen LogP contribution in [0, 0.1) is 27.7 Å². The van der Waals surface area contributed by atoms with Crippen molar-refractivity contribution in [1.29, 1.82) is 0 Å². The fraction of sp³-hybridized carbons (Fsp3) is 0.211. The van der Waals surface area contributed by atoms with Crippen molar-refractivity contribution in [2.24, 2.45) is 0 Å². The lowest BCUT2D eigenvalue weighted by molar-refractivity contribution is 0.591. The molecule has 5 rings (SSSR count). The maximum atomic E-state index is 2.47. The van der Waals surface area contributed by atoms with Crippen molar-refractivity contribution in [2.45, 2.75) is 53.9 Å². The van der Waals surface area contributed by atoms with Crippen molar-refractivity contribution in [1.82, 2.24) is 0 Å². The number of aryl methyl sites for hydroxylation is 4. The minimum atomic E-state index is -0.00266. The van der Waals surface area contributed by atoms with E-state index in [1.165, 1.54) is 67.1 Å². The number of anilines is 3. The molecule has 39 heavy (non-hydrogen) atoms. The Balaban J connectivity index is 1.95. The summed E-state index contributed by atoms with van der Waals surface area (Å²) in [7, 11) is 0. The molecule has 0 radical (unpaired) electrons. The highest BCUT2D eigenvalue weighted by molar-refractivity contribution is 5.98. The highest BCUT2D eigenvalue weighted by atomic mass is 15.1. The number of hydrogen-bond donors (Lipinski definition) is 0. The molecular formula is C38H39N. The van der Waals surface area contributed by atoms with Gasteiger partial charge in [0.1, 0.15) is 0 Å². The van der Waals surface area contributed by atoms with E-state index in [1.54, 1.807) is 0 Å². The van der Waals surface area contributed by atoms with E-state index >= 15 is 0 Å². The van der Waals surface area contributed by atoms with Crippen LogP contribution >= 0.6 is 0 Å². The summed E-state index contributed by atoms with van der Waals surface area (Å²) in [4.78, 5) is 2.47. The first-order chi connectivity index (χ1) is 18.6. The first-order valence-electron chi connectivity index (χ1n) is 13.9. The molecule has 1 nitrogen and oxygen atoms in total. The average Bonchev–Trinajstić information content (AvgIpc) is 2.93. The molecule has 0 spiro atoms. The lowest BCUT2D eigenvalue weighted by Gasteiger charge is -2.33. The first-order valence-corrected chi connectivity index (χ1v) is 13.9. The smallest absolute Gasteiger partial charge is 0.0618 e. The van der Waals surface area contributed by atoms with Gasteiger partial charge in [-0.1, -0.05) is 93.6 Å². The molecule has 5 aromatic carbocycles. The van der Waals surface area contributed by atoms with Gasteiger partial charge in [-0.25, -0.2) is 0 Å². The van der Waals surface area contributed by atoms with E-state index < -0.39 is 0 Å². The maximum Gasteiger partial charge on any atom is 0.0618 e. The molecule has 0 saturated carbocycles. The van der Waals surface area contributed by atoms with Crippen molar-refractivity contribution in [3.63, 3.8) is 0 Å².